The number of hydrogen-bond acceptors (Lipinski definition) is 5. The van der Waals surface area contributed by atoms with Gasteiger partial charge in [0.2, 0.25) is 0 Å². The van der Waals surface area contributed by atoms with Crippen LogP contribution >= 0.6 is 11.6 Å². The number of fused-ring (bicyclic) bond motifs is 1. The average molecular weight is 356 g/mol. The zero-order valence-electron chi connectivity index (χ0n) is 13.8. The monoisotopic (exact) mass is 355 g/mol. The van der Waals surface area contributed by atoms with Gasteiger partial charge in [-0.25, -0.2) is 9.97 Å². The van der Waals surface area contributed by atoms with Gasteiger partial charge in [0.15, 0.2) is 5.82 Å². The zero-order chi connectivity index (χ0) is 17.2. The van der Waals surface area contributed by atoms with Gasteiger partial charge < -0.3 is 10.1 Å². The third kappa shape index (κ3) is 3.30. The fraction of sp³-hybridized carbons (Fsp3) is 0.278. The first-order chi connectivity index (χ1) is 12.2. The second-order valence-corrected chi connectivity index (χ2v) is 6.41. The van der Waals surface area contributed by atoms with E-state index in [9.17, 15) is 0 Å². The van der Waals surface area contributed by atoms with Crippen LogP contribution in [0.15, 0.2) is 43.0 Å². The number of rotatable bonds is 3. The van der Waals surface area contributed by atoms with E-state index < -0.39 is 0 Å². The molecule has 6 nitrogen and oxygen atoms in total. The van der Waals surface area contributed by atoms with E-state index >= 15 is 0 Å². The predicted molar refractivity (Wildman–Crippen MR) is 96.4 cm³/mol. The molecule has 0 amide bonds. The average Bonchev–Trinajstić information content (AvgIpc) is 2.94. The molecular formula is C18H18ClN5O. The Balaban J connectivity index is 1.64. The van der Waals surface area contributed by atoms with E-state index in [4.69, 9.17) is 16.3 Å². The summed E-state index contributed by atoms with van der Waals surface area (Å²) < 4.78 is 7.73. The normalized spacial score (nSPS) is 16.6. The maximum atomic E-state index is 6.10. The minimum atomic E-state index is 0.100. The summed E-state index contributed by atoms with van der Waals surface area (Å²) in [5.41, 5.74) is 1.09. The molecular weight excluding hydrogens is 338 g/mol. The largest absolute Gasteiger partial charge is 0.493 e. The fourth-order valence-electron chi connectivity index (χ4n) is 3.04. The van der Waals surface area contributed by atoms with Crippen LogP contribution in [0.1, 0.15) is 30.3 Å². The van der Waals surface area contributed by atoms with Crippen molar-refractivity contribution < 1.29 is 4.74 Å². The number of nitrogens with zero attached hydrogens (tertiary/aromatic N) is 4. The molecule has 128 valence electrons. The summed E-state index contributed by atoms with van der Waals surface area (Å²) in [7, 11) is 0. The lowest BCUT2D eigenvalue weighted by Crippen LogP contribution is -2.12. The highest BCUT2D eigenvalue weighted by atomic mass is 35.5. The molecule has 1 atom stereocenters. The Morgan fingerprint density at radius 3 is 3.08 bits per heavy atom. The van der Waals surface area contributed by atoms with Gasteiger partial charge in [0, 0.05) is 23.0 Å². The number of halogens is 1. The molecule has 25 heavy (non-hydrogen) atoms. The maximum Gasteiger partial charge on any atom is 0.159 e. The number of benzene rings is 1. The van der Waals surface area contributed by atoms with Gasteiger partial charge in [-0.1, -0.05) is 17.7 Å². The van der Waals surface area contributed by atoms with E-state index in [1.54, 1.807) is 18.6 Å². The zero-order valence-corrected chi connectivity index (χ0v) is 14.6. The van der Waals surface area contributed by atoms with Crippen LogP contribution in [0.3, 0.4) is 0 Å². The van der Waals surface area contributed by atoms with Crippen LogP contribution in [-0.2, 0) is 0 Å². The molecule has 0 bridgehead atoms. The minimum Gasteiger partial charge on any atom is -0.493 e. The van der Waals surface area contributed by atoms with E-state index in [1.807, 2.05) is 35.9 Å². The summed E-state index contributed by atoms with van der Waals surface area (Å²) >= 11 is 6.10. The first-order valence-corrected chi connectivity index (χ1v) is 8.59. The van der Waals surface area contributed by atoms with E-state index in [2.05, 4.69) is 20.3 Å². The predicted octanol–water partition coefficient (Wildman–Crippen LogP) is 3.95. The number of imidazole rings is 1. The van der Waals surface area contributed by atoms with Crippen molar-refractivity contribution in [1.29, 1.82) is 0 Å². The van der Waals surface area contributed by atoms with Gasteiger partial charge in [-0.2, -0.15) is 0 Å². The molecule has 1 aromatic carbocycles. The van der Waals surface area contributed by atoms with Gasteiger partial charge in [0.05, 0.1) is 25.0 Å². The Hall–Kier alpha value is -2.60. The van der Waals surface area contributed by atoms with Crippen LogP contribution in [-0.4, -0.2) is 26.1 Å². The summed E-state index contributed by atoms with van der Waals surface area (Å²) in [6, 6.07) is 5.87. The molecule has 7 heteroatoms. The van der Waals surface area contributed by atoms with Crippen molar-refractivity contribution in [3.8, 4) is 11.6 Å². The lowest BCUT2D eigenvalue weighted by atomic mass is 10.0. The number of aromatic nitrogens is 4. The van der Waals surface area contributed by atoms with E-state index in [1.165, 1.54) is 0 Å². The quantitative estimate of drug-likeness (QED) is 0.770. The smallest absolute Gasteiger partial charge is 0.159 e. The van der Waals surface area contributed by atoms with Crippen molar-refractivity contribution in [2.24, 2.45) is 0 Å². The van der Waals surface area contributed by atoms with Gasteiger partial charge in [0.25, 0.3) is 0 Å². The molecule has 0 radical (unpaired) electrons. The number of hydrogen-bond donors (Lipinski definition) is 1. The Bertz CT molecular complexity index is 895. The number of nitrogens with one attached hydrogen (secondary N) is 1. The molecule has 3 aromatic rings. The second kappa shape index (κ2) is 6.72. The first kappa shape index (κ1) is 15.9. The van der Waals surface area contributed by atoms with Crippen molar-refractivity contribution in [2.75, 3.05) is 11.9 Å². The number of anilines is 1. The first-order valence-electron chi connectivity index (χ1n) is 8.22. The maximum absolute atomic E-state index is 6.10. The van der Waals surface area contributed by atoms with Gasteiger partial charge in [0.1, 0.15) is 17.4 Å². The highest BCUT2D eigenvalue weighted by Gasteiger charge is 2.20. The number of aryl methyl sites for hydroxylation is 1. The minimum absolute atomic E-state index is 0.100. The Morgan fingerprint density at radius 1 is 1.32 bits per heavy atom. The molecule has 1 aliphatic heterocycles. The molecule has 1 unspecified atom stereocenters. The molecule has 0 aliphatic carbocycles. The van der Waals surface area contributed by atoms with Crippen LogP contribution in [0.25, 0.3) is 5.82 Å². The third-order valence-corrected chi connectivity index (χ3v) is 4.50. The Labute approximate surface area is 150 Å². The lowest BCUT2D eigenvalue weighted by molar-refractivity contribution is 0.316. The van der Waals surface area contributed by atoms with Crippen LogP contribution in [0, 0.1) is 6.92 Å². The van der Waals surface area contributed by atoms with E-state index in [0.29, 0.717) is 11.6 Å². The number of ether oxygens (including phenoxy) is 1. The molecule has 0 spiro atoms. The van der Waals surface area contributed by atoms with Crippen molar-refractivity contribution in [1.82, 2.24) is 19.5 Å². The van der Waals surface area contributed by atoms with Crippen LogP contribution in [0.2, 0.25) is 5.02 Å². The summed E-state index contributed by atoms with van der Waals surface area (Å²) in [6.07, 6.45) is 8.99. The second-order valence-electron chi connectivity index (χ2n) is 5.98. The molecule has 1 aliphatic rings. The van der Waals surface area contributed by atoms with Gasteiger partial charge in [-0.05, 0) is 31.9 Å². The molecule has 0 saturated heterocycles. The van der Waals surface area contributed by atoms with Crippen molar-refractivity contribution >= 4 is 17.4 Å². The Kier molecular flexibility index (Phi) is 4.28. The van der Waals surface area contributed by atoms with E-state index in [-0.39, 0.29) is 6.04 Å². The molecule has 1 N–H and O–H groups in total. The highest BCUT2D eigenvalue weighted by Crippen LogP contribution is 2.35. The topological polar surface area (TPSA) is 64.9 Å². The fourth-order valence-corrected chi connectivity index (χ4v) is 3.20. The molecule has 4 rings (SSSR count). The van der Waals surface area contributed by atoms with Crippen molar-refractivity contribution in [3.63, 3.8) is 0 Å². The summed E-state index contributed by atoms with van der Waals surface area (Å²) in [5, 5.41) is 4.17. The molecule has 3 heterocycles. The summed E-state index contributed by atoms with van der Waals surface area (Å²) in [6.45, 7) is 2.62. The SMILES string of the molecule is Cc1nccn1-c1cncc(NC2CCCOc3cc(Cl)ccc32)n1. The summed E-state index contributed by atoms with van der Waals surface area (Å²) in [5.74, 6) is 3.16. The Morgan fingerprint density at radius 2 is 2.24 bits per heavy atom. The van der Waals surface area contributed by atoms with Crippen molar-refractivity contribution in [3.05, 3.63) is 59.4 Å². The van der Waals surface area contributed by atoms with E-state index in [0.717, 1.165) is 41.6 Å². The molecule has 0 fully saturated rings. The summed E-state index contributed by atoms with van der Waals surface area (Å²) in [4.78, 5) is 13.2. The van der Waals surface area contributed by atoms with Crippen LogP contribution < -0.4 is 10.1 Å². The highest BCUT2D eigenvalue weighted by molar-refractivity contribution is 6.30. The van der Waals surface area contributed by atoms with Crippen molar-refractivity contribution in [2.45, 2.75) is 25.8 Å². The van der Waals surface area contributed by atoms with Gasteiger partial charge >= 0.3 is 0 Å². The third-order valence-electron chi connectivity index (χ3n) is 4.26. The van der Waals surface area contributed by atoms with Crippen LogP contribution in [0.5, 0.6) is 5.75 Å². The van der Waals surface area contributed by atoms with Gasteiger partial charge in [-0.15, -0.1) is 0 Å². The van der Waals surface area contributed by atoms with Gasteiger partial charge in [-0.3, -0.25) is 9.55 Å². The molecule has 0 saturated carbocycles. The van der Waals surface area contributed by atoms with Crippen LogP contribution in [0.4, 0.5) is 5.82 Å². The standard InChI is InChI=1S/C18H18ClN5O/c1-12-21-6-7-24(12)18-11-20-10-17(23-18)22-15-3-2-8-25-16-9-13(19)4-5-14(15)16/h4-7,9-11,15H,2-3,8H2,1H3,(H,22,23). The molecule has 2 aromatic heterocycles. The lowest BCUT2D eigenvalue weighted by Gasteiger charge is -2.19.